The van der Waals surface area contributed by atoms with Crippen LogP contribution >= 0.6 is 0 Å². The fraction of sp³-hybridized carbons (Fsp3) is 0.959. The van der Waals surface area contributed by atoms with Crippen molar-refractivity contribution >= 4 is 11.8 Å². The first-order valence-electron chi connectivity index (χ1n) is 25.5. The van der Waals surface area contributed by atoms with E-state index in [0.717, 1.165) is 70.6 Å². The number of hydrogen-bond acceptors (Lipinski definition) is 10. The highest BCUT2D eigenvalue weighted by Crippen LogP contribution is 2.23. The second kappa shape index (κ2) is 40.2. The summed E-state index contributed by atoms with van der Waals surface area (Å²) >= 11 is 0. The van der Waals surface area contributed by atoms with Gasteiger partial charge in [0.1, 0.15) is 30.5 Å². The molecule has 12 heteroatoms. The molecule has 1 saturated heterocycles. The first-order chi connectivity index (χ1) is 29.7. The third kappa shape index (κ3) is 30.4. The van der Waals surface area contributed by atoms with Crippen molar-refractivity contribution in [3.63, 3.8) is 0 Å². The highest BCUT2D eigenvalue weighted by molar-refractivity contribution is 5.76. The first kappa shape index (κ1) is 57.6. The van der Waals surface area contributed by atoms with E-state index in [9.17, 15) is 40.2 Å². The number of carbonyl (C=O) groups excluding carboxylic acids is 2. The first-order valence-corrected chi connectivity index (χ1v) is 25.5. The molecule has 0 aromatic heterocycles. The van der Waals surface area contributed by atoms with E-state index in [1.54, 1.807) is 0 Å². The average Bonchev–Trinajstić information content (AvgIpc) is 3.25. The van der Waals surface area contributed by atoms with Crippen LogP contribution in [0.25, 0.3) is 0 Å². The summed E-state index contributed by atoms with van der Waals surface area (Å²) in [5.41, 5.74) is 0. The van der Waals surface area contributed by atoms with Crippen LogP contribution in [-0.4, -0.2) is 111 Å². The van der Waals surface area contributed by atoms with E-state index in [-0.39, 0.29) is 24.8 Å². The van der Waals surface area contributed by atoms with Crippen molar-refractivity contribution in [3.8, 4) is 0 Å². The van der Waals surface area contributed by atoms with Gasteiger partial charge < -0.3 is 50.7 Å². The molecule has 0 aliphatic carbocycles. The summed E-state index contributed by atoms with van der Waals surface area (Å²) in [4.78, 5) is 25.3. The number of hydrogen-bond donors (Lipinski definition) is 8. The lowest BCUT2D eigenvalue weighted by atomic mass is 9.98. The van der Waals surface area contributed by atoms with Gasteiger partial charge in [0, 0.05) is 19.4 Å². The molecule has 12 nitrogen and oxygen atoms in total. The van der Waals surface area contributed by atoms with E-state index in [2.05, 4.69) is 24.5 Å². The second-order valence-corrected chi connectivity index (χ2v) is 18.2. The minimum atomic E-state index is -1.62. The van der Waals surface area contributed by atoms with Crippen LogP contribution in [0.15, 0.2) is 0 Å². The number of aliphatic hydroxyl groups is 6. The molecule has 0 aromatic carbocycles. The molecule has 362 valence electrons. The van der Waals surface area contributed by atoms with E-state index in [1.807, 2.05) is 0 Å². The Balaban J connectivity index is 2.30. The molecule has 1 fully saturated rings. The van der Waals surface area contributed by atoms with Crippen LogP contribution in [0, 0.1) is 0 Å². The maximum atomic E-state index is 13.0. The zero-order valence-corrected chi connectivity index (χ0v) is 39.1. The summed E-state index contributed by atoms with van der Waals surface area (Å²) in [6.45, 7) is 4.25. The van der Waals surface area contributed by atoms with Gasteiger partial charge in [0.25, 0.3) is 0 Å². The van der Waals surface area contributed by atoms with Crippen molar-refractivity contribution in [1.82, 2.24) is 10.6 Å². The molecule has 0 spiro atoms. The maximum Gasteiger partial charge on any atom is 0.220 e. The normalized spacial score (nSPS) is 20.7. The minimum Gasteiger partial charge on any atom is -0.394 e. The van der Waals surface area contributed by atoms with E-state index < -0.39 is 55.6 Å². The lowest BCUT2D eigenvalue weighted by molar-refractivity contribution is -0.303. The molecule has 1 heterocycles. The fourth-order valence-corrected chi connectivity index (χ4v) is 8.28. The van der Waals surface area contributed by atoms with Crippen LogP contribution in [0.2, 0.25) is 0 Å². The Morgan fingerprint density at radius 2 is 0.951 bits per heavy atom. The molecule has 0 radical (unpaired) electrons. The van der Waals surface area contributed by atoms with Crippen LogP contribution < -0.4 is 10.6 Å². The van der Waals surface area contributed by atoms with Crippen molar-refractivity contribution in [2.75, 3.05) is 19.8 Å². The summed E-state index contributed by atoms with van der Waals surface area (Å²) in [5.74, 6) is -0.154. The third-order valence-corrected chi connectivity index (χ3v) is 12.5. The van der Waals surface area contributed by atoms with Gasteiger partial charge in [0.15, 0.2) is 6.29 Å². The Morgan fingerprint density at radius 1 is 0.541 bits per heavy atom. The van der Waals surface area contributed by atoms with Crippen LogP contribution in [0.4, 0.5) is 0 Å². The molecule has 0 saturated carbocycles. The molecule has 2 unspecified atom stereocenters. The predicted octanol–water partition coefficient (Wildman–Crippen LogP) is 8.43. The molecular weight excluding hydrogens is 777 g/mol. The van der Waals surface area contributed by atoms with E-state index in [4.69, 9.17) is 9.47 Å². The van der Waals surface area contributed by atoms with Gasteiger partial charge in [0.2, 0.25) is 11.8 Å². The molecule has 0 aromatic rings. The van der Waals surface area contributed by atoms with E-state index in [1.165, 1.54) is 122 Å². The van der Waals surface area contributed by atoms with Crippen LogP contribution in [0.1, 0.15) is 232 Å². The lowest BCUT2D eigenvalue weighted by Crippen LogP contribution is -2.60. The Kier molecular flexibility index (Phi) is 37.9. The standard InChI is InChI=1S/C49H96N2O10/c1-3-5-7-9-11-13-15-17-19-21-23-27-31-35-43(54)50-37-33-29-25-24-28-32-36-44(55)51-40(39-60-49-48(59)47(58)46(57)42(38-52)61-49)45(56)41(53)34-30-26-22-20-18-16-14-12-10-8-6-4-2/h40-42,45-49,52-53,56-59H,3-39H2,1-2H3,(H,50,54)(H,51,55)/t40-,41+,42?,45-,46-,47-,48?,49-/m0/s1. The smallest absolute Gasteiger partial charge is 0.220 e. The number of carbonyl (C=O) groups is 2. The molecule has 61 heavy (non-hydrogen) atoms. The van der Waals surface area contributed by atoms with Gasteiger partial charge in [-0.25, -0.2) is 0 Å². The average molecular weight is 873 g/mol. The number of rotatable bonds is 43. The molecule has 8 atom stereocenters. The SMILES string of the molecule is CCCCCCCCCCCCCCCC(=O)NCCCCCCCCC(=O)N[C@@H](CO[C@H]1OC(CO)[C@H](O)[C@H](O)C1O)[C@H](O)[C@H](O)CCCCCCCCCCCCCC. The zero-order valence-electron chi connectivity index (χ0n) is 39.1. The number of aliphatic hydroxyl groups excluding tert-OH is 6. The monoisotopic (exact) mass is 873 g/mol. The summed E-state index contributed by atoms with van der Waals surface area (Å²) in [6, 6.07) is -1.02. The van der Waals surface area contributed by atoms with Crippen LogP contribution in [-0.2, 0) is 19.1 Å². The van der Waals surface area contributed by atoms with Crippen molar-refractivity contribution in [2.24, 2.45) is 0 Å². The van der Waals surface area contributed by atoms with Crippen molar-refractivity contribution < 1.29 is 49.7 Å². The van der Waals surface area contributed by atoms with Gasteiger partial charge >= 0.3 is 0 Å². The number of amides is 2. The summed E-state index contributed by atoms with van der Waals surface area (Å²) < 4.78 is 11.1. The van der Waals surface area contributed by atoms with Crippen molar-refractivity contribution in [2.45, 2.75) is 281 Å². The molecule has 8 N–H and O–H groups in total. The largest absolute Gasteiger partial charge is 0.394 e. The third-order valence-electron chi connectivity index (χ3n) is 12.5. The molecule has 1 aliphatic rings. The zero-order chi connectivity index (χ0) is 44.8. The highest BCUT2D eigenvalue weighted by Gasteiger charge is 2.44. The summed E-state index contributed by atoms with van der Waals surface area (Å²) in [5, 5.41) is 68.2. The molecule has 0 bridgehead atoms. The maximum absolute atomic E-state index is 13.0. The van der Waals surface area contributed by atoms with E-state index in [0.29, 0.717) is 25.8 Å². The predicted molar refractivity (Wildman–Crippen MR) is 245 cm³/mol. The second-order valence-electron chi connectivity index (χ2n) is 18.2. The molecule has 1 aliphatic heterocycles. The fourth-order valence-electron chi connectivity index (χ4n) is 8.28. The molecular formula is C49H96N2O10. The van der Waals surface area contributed by atoms with Gasteiger partial charge in [-0.05, 0) is 25.7 Å². The van der Waals surface area contributed by atoms with Gasteiger partial charge in [-0.15, -0.1) is 0 Å². The Labute approximate surface area is 372 Å². The highest BCUT2D eigenvalue weighted by atomic mass is 16.7. The van der Waals surface area contributed by atoms with Crippen molar-refractivity contribution in [3.05, 3.63) is 0 Å². The topological polar surface area (TPSA) is 198 Å². The molecule has 2 amide bonds. The van der Waals surface area contributed by atoms with Crippen LogP contribution in [0.5, 0.6) is 0 Å². The number of unbranched alkanes of at least 4 members (excludes halogenated alkanes) is 28. The number of nitrogens with one attached hydrogen (secondary N) is 2. The number of ether oxygens (including phenoxy) is 2. The van der Waals surface area contributed by atoms with Crippen molar-refractivity contribution in [1.29, 1.82) is 0 Å². The van der Waals surface area contributed by atoms with Gasteiger partial charge in [-0.2, -0.15) is 0 Å². The lowest BCUT2D eigenvalue weighted by Gasteiger charge is -2.40. The summed E-state index contributed by atoms with van der Waals surface area (Å²) in [7, 11) is 0. The Hall–Kier alpha value is -1.38. The van der Waals surface area contributed by atoms with Gasteiger partial charge in [0.05, 0.1) is 25.4 Å². The summed E-state index contributed by atoms with van der Waals surface area (Å²) in [6.07, 6.45) is 27.8. The minimum absolute atomic E-state index is 0.146. The van der Waals surface area contributed by atoms with Crippen LogP contribution in [0.3, 0.4) is 0 Å². The van der Waals surface area contributed by atoms with Gasteiger partial charge in [-0.1, -0.05) is 194 Å². The van der Waals surface area contributed by atoms with Gasteiger partial charge in [-0.3, -0.25) is 9.59 Å². The van der Waals surface area contributed by atoms with E-state index >= 15 is 0 Å². The molecule has 1 rings (SSSR count). The Morgan fingerprint density at radius 3 is 1.41 bits per heavy atom. The quantitative estimate of drug-likeness (QED) is 0.0275. The Bertz CT molecular complexity index is 1010.